The minimum absolute atomic E-state index is 0.00676. The molecule has 26 heavy (non-hydrogen) atoms. The number of benzene rings is 1. The summed E-state index contributed by atoms with van der Waals surface area (Å²) in [5, 5.41) is 10.2. The number of methoxy groups -OCH3 is 1. The van der Waals surface area contributed by atoms with Gasteiger partial charge in [0.1, 0.15) is 0 Å². The van der Waals surface area contributed by atoms with Crippen LogP contribution in [0.4, 0.5) is 9.59 Å². The summed E-state index contributed by atoms with van der Waals surface area (Å²) in [7, 11) is 1.25. The Labute approximate surface area is 150 Å². The van der Waals surface area contributed by atoms with Crippen molar-refractivity contribution in [2.75, 3.05) is 20.3 Å². The highest BCUT2D eigenvalue weighted by Crippen LogP contribution is 2.32. The van der Waals surface area contributed by atoms with Crippen LogP contribution >= 0.6 is 0 Å². The van der Waals surface area contributed by atoms with Gasteiger partial charge in [0.15, 0.2) is 11.5 Å². The summed E-state index contributed by atoms with van der Waals surface area (Å²) in [6.45, 7) is 3.41. The maximum atomic E-state index is 11.6. The second-order valence-electron chi connectivity index (χ2n) is 4.91. The van der Waals surface area contributed by atoms with Crippen molar-refractivity contribution in [3.8, 4) is 11.5 Å². The monoisotopic (exact) mass is 370 g/mol. The molecule has 9 heteroatoms. The fourth-order valence-electron chi connectivity index (χ4n) is 1.89. The minimum Gasteiger partial charge on any atom is -0.469 e. The van der Waals surface area contributed by atoms with Gasteiger partial charge in [0.25, 0.3) is 0 Å². The van der Waals surface area contributed by atoms with E-state index in [1.807, 2.05) is 0 Å². The molecule has 0 saturated carbocycles. The van der Waals surface area contributed by atoms with Crippen LogP contribution in [0.2, 0.25) is 0 Å². The van der Waals surface area contributed by atoms with Crippen LogP contribution in [0, 0.1) is 0 Å². The average molecular weight is 370 g/mol. The van der Waals surface area contributed by atoms with Gasteiger partial charge in [-0.15, -0.1) is 0 Å². The van der Waals surface area contributed by atoms with Crippen molar-refractivity contribution in [1.29, 1.82) is 0 Å². The molecule has 144 valence electrons. The van der Waals surface area contributed by atoms with Gasteiger partial charge < -0.3 is 28.8 Å². The van der Waals surface area contributed by atoms with Crippen molar-refractivity contribution < 1.29 is 43.2 Å². The zero-order valence-electron chi connectivity index (χ0n) is 14.9. The molecule has 0 bridgehead atoms. The molecule has 1 rings (SSSR count). The molecule has 0 radical (unpaired) electrons. The predicted molar refractivity (Wildman–Crippen MR) is 88.0 cm³/mol. The van der Waals surface area contributed by atoms with E-state index < -0.39 is 24.4 Å². The second kappa shape index (κ2) is 10.9. The van der Waals surface area contributed by atoms with Gasteiger partial charge in [-0.3, -0.25) is 4.79 Å². The van der Waals surface area contributed by atoms with Gasteiger partial charge in [-0.2, -0.15) is 0 Å². The first kappa shape index (κ1) is 21.2. The Balaban J connectivity index is 2.98. The molecule has 9 nitrogen and oxygen atoms in total. The molecule has 0 aromatic heterocycles. The topological polar surface area (TPSA) is 118 Å². The van der Waals surface area contributed by atoms with Crippen molar-refractivity contribution >= 4 is 18.3 Å². The zero-order chi connectivity index (χ0) is 19.5. The van der Waals surface area contributed by atoms with E-state index in [9.17, 15) is 19.5 Å². The van der Waals surface area contributed by atoms with Gasteiger partial charge in [0, 0.05) is 6.42 Å². The molecule has 1 aromatic rings. The Hall–Kier alpha value is -2.81. The highest BCUT2D eigenvalue weighted by atomic mass is 16.7. The van der Waals surface area contributed by atoms with Gasteiger partial charge in [-0.25, -0.2) is 9.59 Å². The van der Waals surface area contributed by atoms with E-state index in [2.05, 4.69) is 9.47 Å². The second-order valence-corrected chi connectivity index (χ2v) is 4.91. The number of esters is 1. The number of aliphatic hydroxyl groups excluding tert-OH is 1. The number of hydrogen-bond donors (Lipinski definition) is 1. The Bertz CT molecular complexity index is 627. The molecular weight excluding hydrogens is 348 g/mol. The maximum Gasteiger partial charge on any atom is 0.513 e. The van der Waals surface area contributed by atoms with Crippen molar-refractivity contribution in [1.82, 2.24) is 0 Å². The smallest absolute Gasteiger partial charge is 0.469 e. The molecule has 1 atom stereocenters. The molecule has 0 amide bonds. The Morgan fingerprint density at radius 1 is 1.00 bits per heavy atom. The summed E-state index contributed by atoms with van der Waals surface area (Å²) in [5.74, 6) is -0.680. The lowest BCUT2D eigenvalue weighted by Gasteiger charge is -2.14. The molecule has 1 N–H and O–H groups in total. The summed E-state index contributed by atoms with van der Waals surface area (Å²) >= 11 is 0. The third-order valence-corrected chi connectivity index (χ3v) is 3.11. The molecule has 0 heterocycles. The number of ether oxygens (including phenoxy) is 5. The summed E-state index contributed by atoms with van der Waals surface area (Å²) in [4.78, 5) is 34.2. The maximum absolute atomic E-state index is 11.6. The van der Waals surface area contributed by atoms with Crippen LogP contribution in [-0.2, 0) is 19.0 Å². The predicted octanol–water partition coefficient (Wildman–Crippen LogP) is 2.74. The third-order valence-electron chi connectivity index (χ3n) is 3.11. The SMILES string of the molecule is CCOC(=O)Oc1ccc(C(O)CCC(=O)OC)cc1OC(=O)OCC. The molecule has 0 spiro atoms. The third kappa shape index (κ3) is 6.98. The van der Waals surface area contributed by atoms with E-state index in [0.717, 1.165) is 0 Å². The Morgan fingerprint density at radius 2 is 1.58 bits per heavy atom. The van der Waals surface area contributed by atoms with Crippen molar-refractivity contribution in [3.63, 3.8) is 0 Å². The normalized spacial score (nSPS) is 11.2. The molecule has 0 saturated heterocycles. The van der Waals surface area contributed by atoms with Crippen LogP contribution in [0.1, 0.15) is 38.4 Å². The van der Waals surface area contributed by atoms with Crippen molar-refractivity contribution in [2.24, 2.45) is 0 Å². The average Bonchev–Trinajstić information content (AvgIpc) is 2.61. The molecule has 0 fully saturated rings. The van der Waals surface area contributed by atoms with Crippen LogP contribution in [0.25, 0.3) is 0 Å². The summed E-state index contributed by atoms with van der Waals surface area (Å²) in [6, 6.07) is 4.12. The number of aliphatic hydroxyl groups is 1. The lowest BCUT2D eigenvalue weighted by molar-refractivity contribution is -0.141. The van der Waals surface area contributed by atoms with E-state index in [4.69, 9.17) is 14.2 Å². The van der Waals surface area contributed by atoms with E-state index in [-0.39, 0.29) is 37.6 Å². The summed E-state index contributed by atoms with van der Waals surface area (Å²) in [6.07, 6.45) is -2.88. The highest BCUT2D eigenvalue weighted by Gasteiger charge is 2.19. The number of carbonyl (C=O) groups excluding carboxylic acids is 3. The van der Waals surface area contributed by atoms with Gasteiger partial charge in [-0.1, -0.05) is 6.07 Å². The fourth-order valence-corrected chi connectivity index (χ4v) is 1.89. The molecule has 1 aromatic carbocycles. The first-order valence-corrected chi connectivity index (χ1v) is 7.99. The number of rotatable bonds is 8. The lowest BCUT2D eigenvalue weighted by Crippen LogP contribution is -2.14. The molecule has 0 aliphatic rings. The zero-order valence-corrected chi connectivity index (χ0v) is 14.9. The number of hydrogen-bond acceptors (Lipinski definition) is 9. The molecule has 0 aliphatic heterocycles. The van der Waals surface area contributed by atoms with Gasteiger partial charge in [-0.05, 0) is 38.0 Å². The number of carbonyl (C=O) groups is 3. The highest BCUT2D eigenvalue weighted by molar-refractivity contribution is 5.70. The lowest BCUT2D eigenvalue weighted by atomic mass is 10.0. The molecular formula is C17H22O9. The van der Waals surface area contributed by atoms with Crippen molar-refractivity contribution in [3.05, 3.63) is 23.8 Å². The Morgan fingerprint density at radius 3 is 2.12 bits per heavy atom. The van der Waals surface area contributed by atoms with Crippen LogP contribution < -0.4 is 9.47 Å². The van der Waals surface area contributed by atoms with Gasteiger partial charge in [0.05, 0.1) is 26.4 Å². The van der Waals surface area contributed by atoms with E-state index in [1.165, 1.54) is 25.3 Å². The van der Waals surface area contributed by atoms with E-state index in [1.54, 1.807) is 13.8 Å². The van der Waals surface area contributed by atoms with Gasteiger partial charge >= 0.3 is 18.3 Å². The van der Waals surface area contributed by atoms with E-state index >= 15 is 0 Å². The largest absolute Gasteiger partial charge is 0.513 e. The summed E-state index contributed by atoms with van der Waals surface area (Å²) in [5.41, 5.74) is 0.351. The summed E-state index contributed by atoms with van der Waals surface area (Å²) < 4.78 is 23.9. The Kier molecular flexibility index (Phi) is 8.93. The minimum atomic E-state index is -1.02. The van der Waals surface area contributed by atoms with Crippen LogP contribution in [0.15, 0.2) is 18.2 Å². The van der Waals surface area contributed by atoms with Crippen molar-refractivity contribution in [2.45, 2.75) is 32.8 Å². The standard InChI is InChI=1S/C17H22O9/c1-4-23-16(20)25-13-8-6-11(12(18)7-9-15(19)22-3)10-14(13)26-17(21)24-5-2/h6,8,10,12,18H,4-5,7,9H2,1-3H3. The van der Waals surface area contributed by atoms with Crippen LogP contribution in [-0.4, -0.2) is 43.7 Å². The fraction of sp³-hybridized carbons (Fsp3) is 0.471. The quantitative estimate of drug-likeness (QED) is 0.418. The van der Waals surface area contributed by atoms with E-state index in [0.29, 0.717) is 5.56 Å². The molecule has 1 unspecified atom stereocenters. The van der Waals surface area contributed by atoms with Crippen LogP contribution in [0.3, 0.4) is 0 Å². The van der Waals surface area contributed by atoms with Gasteiger partial charge in [0.2, 0.25) is 0 Å². The first-order valence-electron chi connectivity index (χ1n) is 7.99. The first-order chi connectivity index (χ1) is 12.4. The molecule has 0 aliphatic carbocycles. The van der Waals surface area contributed by atoms with Crippen LogP contribution in [0.5, 0.6) is 11.5 Å².